The summed E-state index contributed by atoms with van der Waals surface area (Å²) in [6.45, 7) is 0. The summed E-state index contributed by atoms with van der Waals surface area (Å²) in [4.78, 5) is 20.0. The molecule has 3 aromatic rings. The van der Waals surface area contributed by atoms with Gasteiger partial charge in [-0.25, -0.2) is 9.37 Å². The quantitative estimate of drug-likeness (QED) is 0.536. The van der Waals surface area contributed by atoms with Crippen LogP contribution in [-0.2, 0) is 7.05 Å². The van der Waals surface area contributed by atoms with Crippen molar-refractivity contribution in [2.45, 2.75) is 0 Å². The Morgan fingerprint density at radius 3 is 2.81 bits per heavy atom. The third-order valence-corrected chi connectivity index (χ3v) is 3.77. The second kappa shape index (κ2) is 6.92. The van der Waals surface area contributed by atoms with Gasteiger partial charge in [-0.05, 0) is 6.07 Å². The lowest BCUT2D eigenvalue weighted by molar-refractivity contribution is -0.384. The molecule has 26 heavy (non-hydrogen) atoms. The van der Waals surface area contributed by atoms with E-state index in [9.17, 15) is 14.5 Å². The molecular formula is C15H13ClFN7O2. The Morgan fingerprint density at radius 2 is 2.15 bits per heavy atom. The van der Waals surface area contributed by atoms with E-state index in [4.69, 9.17) is 11.6 Å². The standard InChI is InChI=1S/C15H13ClFN7O2/c1-22-8-9(6-19-22)20-15-18-7-11(16)14(21-15)23(2)13-5-10(24(25)26)3-4-12(13)17/h3-8H,1-2H3,(H,18,20,21). The van der Waals surface area contributed by atoms with E-state index in [0.29, 0.717) is 5.69 Å². The number of nitro benzene ring substituents is 1. The predicted octanol–water partition coefficient (Wildman–Crippen LogP) is 3.42. The lowest BCUT2D eigenvalue weighted by atomic mass is 10.2. The summed E-state index contributed by atoms with van der Waals surface area (Å²) in [5.74, 6) is -0.239. The number of anilines is 4. The maximum atomic E-state index is 14.2. The topological polar surface area (TPSA) is 102 Å². The number of nitrogens with one attached hydrogen (secondary N) is 1. The maximum absolute atomic E-state index is 14.2. The van der Waals surface area contributed by atoms with Crippen molar-refractivity contribution in [2.75, 3.05) is 17.3 Å². The van der Waals surface area contributed by atoms with Crippen LogP contribution in [0.3, 0.4) is 0 Å². The van der Waals surface area contributed by atoms with Crippen molar-refractivity contribution in [3.8, 4) is 0 Å². The average molecular weight is 378 g/mol. The highest BCUT2D eigenvalue weighted by Gasteiger charge is 2.19. The molecule has 0 unspecified atom stereocenters. The van der Waals surface area contributed by atoms with Crippen molar-refractivity contribution >= 4 is 40.4 Å². The summed E-state index contributed by atoms with van der Waals surface area (Å²) in [5.41, 5.74) is 0.379. The number of rotatable bonds is 5. The van der Waals surface area contributed by atoms with Gasteiger partial charge in [0.1, 0.15) is 10.8 Å². The van der Waals surface area contributed by atoms with Crippen LogP contribution in [0.15, 0.2) is 36.8 Å². The van der Waals surface area contributed by atoms with E-state index in [1.807, 2.05) is 0 Å². The molecule has 0 aliphatic heterocycles. The van der Waals surface area contributed by atoms with E-state index in [2.05, 4.69) is 20.4 Å². The molecule has 0 aliphatic carbocycles. The fourth-order valence-corrected chi connectivity index (χ4v) is 2.47. The maximum Gasteiger partial charge on any atom is 0.271 e. The Labute approximate surface area is 152 Å². The fourth-order valence-electron chi connectivity index (χ4n) is 2.25. The first-order valence-electron chi connectivity index (χ1n) is 7.31. The molecule has 11 heteroatoms. The first-order valence-corrected chi connectivity index (χ1v) is 7.69. The van der Waals surface area contributed by atoms with Crippen LogP contribution in [0, 0.1) is 15.9 Å². The minimum atomic E-state index is -0.644. The van der Waals surface area contributed by atoms with Crippen molar-refractivity contribution in [1.82, 2.24) is 19.7 Å². The molecule has 0 aliphatic rings. The van der Waals surface area contributed by atoms with Crippen LogP contribution in [0.5, 0.6) is 0 Å². The number of nitro groups is 1. The first-order chi connectivity index (χ1) is 12.3. The Kier molecular flexibility index (Phi) is 4.67. The molecule has 0 saturated heterocycles. The molecule has 0 amide bonds. The van der Waals surface area contributed by atoms with Crippen LogP contribution in [0.4, 0.5) is 33.2 Å². The highest BCUT2D eigenvalue weighted by molar-refractivity contribution is 6.33. The number of halogens is 2. The van der Waals surface area contributed by atoms with Gasteiger partial charge in [0.25, 0.3) is 5.69 Å². The summed E-state index contributed by atoms with van der Waals surface area (Å²) < 4.78 is 15.8. The summed E-state index contributed by atoms with van der Waals surface area (Å²) in [7, 11) is 3.27. The normalized spacial score (nSPS) is 10.6. The summed E-state index contributed by atoms with van der Waals surface area (Å²) >= 11 is 6.14. The molecule has 0 spiro atoms. The van der Waals surface area contributed by atoms with E-state index < -0.39 is 10.7 Å². The van der Waals surface area contributed by atoms with E-state index in [1.165, 1.54) is 18.1 Å². The lowest BCUT2D eigenvalue weighted by Gasteiger charge is -2.20. The van der Waals surface area contributed by atoms with Gasteiger partial charge in [0.05, 0.1) is 28.7 Å². The SMILES string of the molecule is CN(c1cc([N+](=O)[O-])ccc1F)c1nc(Nc2cnn(C)c2)ncc1Cl. The summed E-state index contributed by atoms with van der Waals surface area (Å²) in [5, 5.41) is 18.1. The van der Waals surface area contributed by atoms with Gasteiger partial charge in [0, 0.05) is 32.4 Å². The van der Waals surface area contributed by atoms with Crippen molar-refractivity contribution in [1.29, 1.82) is 0 Å². The monoisotopic (exact) mass is 377 g/mol. The largest absolute Gasteiger partial charge is 0.325 e. The van der Waals surface area contributed by atoms with E-state index in [0.717, 1.165) is 18.2 Å². The average Bonchev–Trinajstić information content (AvgIpc) is 3.01. The number of hydrogen-bond acceptors (Lipinski definition) is 7. The van der Waals surface area contributed by atoms with Gasteiger partial charge in [-0.15, -0.1) is 0 Å². The van der Waals surface area contributed by atoms with Gasteiger partial charge in [0.15, 0.2) is 5.82 Å². The Hall–Kier alpha value is -3.27. The van der Waals surface area contributed by atoms with Gasteiger partial charge in [-0.1, -0.05) is 11.6 Å². The van der Waals surface area contributed by atoms with E-state index in [1.54, 1.807) is 24.1 Å². The third-order valence-electron chi connectivity index (χ3n) is 3.51. The number of nitrogens with zero attached hydrogens (tertiary/aromatic N) is 6. The minimum absolute atomic E-state index is 0.0351. The van der Waals surface area contributed by atoms with Crippen LogP contribution >= 0.6 is 11.6 Å². The van der Waals surface area contributed by atoms with E-state index >= 15 is 0 Å². The number of aryl methyl sites for hydroxylation is 1. The molecule has 0 bridgehead atoms. The van der Waals surface area contributed by atoms with Crippen molar-refractivity contribution in [2.24, 2.45) is 7.05 Å². The Morgan fingerprint density at radius 1 is 1.38 bits per heavy atom. The lowest BCUT2D eigenvalue weighted by Crippen LogP contribution is -2.15. The highest BCUT2D eigenvalue weighted by Crippen LogP contribution is 2.33. The second-order valence-electron chi connectivity index (χ2n) is 5.34. The molecular weight excluding hydrogens is 365 g/mol. The molecule has 0 atom stereocenters. The van der Waals surface area contributed by atoms with Gasteiger partial charge in [0.2, 0.25) is 5.95 Å². The molecule has 3 rings (SSSR count). The number of non-ortho nitro benzene ring substituents is 1. The molecule has 9 nitrogen and oxygen atoms in total. The van der Waals surface area contributed by atoms with Crippen LogP contribution in [0.1, 0.15) is 0 Å². The molecule has 1 aromatic carbocycles. The number of aromatic nitrogens is 4. The third kappa shape index (κ3) is 3.54. The number of benzene rings is 1. The summed E-state index contributed by atoms with van der Waals surface area (Å²) in [6, 6.07) is 3.22. The molecule has 0 saturated carbocycles. The predicted molar refractivity (Wildman–Crippen MR) is 94.7 cm³/mol. The molecule has 0 fully saturated rings. The molecule has 1 N–H and O–H groups in total. The first kappa shape index (κ1) is 17.5. The molecule has 2 aromatic heterocycles. The van der Waals surface area contributed by atoms with Gasteiger partial charge in [-0.3, -0.25) is 14.8 Å². The molecule has 134 valence electrons. The number of hydrogen-bond donors (Lipinski definition) is 1. The smallest absolute Gasteiger partial charge is 0.271 e. The van der Waals surface area contributed by atoms with Crippen LogP contribution in [-0.4, -0.2) is 31.7 Å². The molecule has 2 heterocycles. The second-order valence-corrected chi connectivity index (χ2v) is 5.75. The minimum Gasteiger partial charge on any atom is -0.325 e. The molecule has 0 radical (unpaired) electrons. The van der Waals surface area contributed by atoms with Crippen molar-refractivity contribution in [3.63, 3.8) is 0 Å². The van der Waals surface area contributed by atoms with Gasteiger partial charge in [-0.2, -0.15) is 10.1 Å². The fraction of sp³-hybridized carbons (Fsp3) is 0.133. The zero-order valence-electron chi connectivity index (χ0n) is 13.7. The van der Waals surface area contributed by atoms with Crippen molar-refractivity contribution in [3.05, 3.63) is 57.7 Å². The van der Waals surface area contributed by atoms with Crippen molar-refractivity contribution < 1.29 is 9.31 Å². The van der Waals surface area contributed by atoms with Crippen LogP contribution < -0.4 is 10.2 Å². The van der Waals surface area contributed by atoms with Gasteiger partial charge >= 0.3 is 0 Å². The zero-order valence-corrected chi connectivity index (χ0v) is 14.5. The Balaban J connectivity index is 1.96. The van der Waals surface area contributed by atoms with Gasteiger partial charge < -0.3 is 10.2 Å². The summed E-state index contributed by atoms with van der Waals surface area (Å²) in [6.07, 6.45) is 4.66. The van der Waals surface area contributed by atoms with Crippen LogP contribution in [0.25, 0.3) is 0 Å². The highest BCUT2D eigenvalue weighted by atomic mass is 35.5. The van der Waals surface area contributed by atoms with Crippen LogP contribution in [0.2, 0.25) is 5.02 Å². The Bertz CT molecular complexity index is 978. The zero-order chi connectivity index (χ0) is 18.8. The van der Waals surface area contributed by atoms with E-state index in [-0.39, 0.29) is 28.2 Å².